The number of hydrogen-bond acceptors (Lipinski definition) is 3. The molecule has 2 rings (SSSR count). The van der Waals surface area contributed by atoms with Gasteiger partial charge in [-0.3, -0.25) is 14.6 Å². The van der Waals surface area contributed by atoms with Gasteiger partial charge in [-0.1, -0.05) is 19.6 Å². The molecule has 96 valence electrons. The molecule has 1 saturated heterocycles. The van der Waals surface area contributed by atoms with Gasteiger partial charge in [0.2, 0.25) is 12.2 Å². The van der Waals surface area contributed by atoms with E-state index in [0.717, 1.165) is 19.3 Å². The highest BCUT2D eigenvalue weighted by molar-refractivity contribution is 6.46. The van der Waals surface area contributed by atoms with Crippen molar-refractivity contribution in [1.82, 2.24) is 4.90 Å². The van der Waals surface area contributed by atoms with Gasteiger partial charge >= 0.3 is 0 Å². The lowest BCUT2D eigenvalue weighted by atomic mass is 9.97. The molecule has 0 bridgehead atoms. The largest absolute Gasteiger partial charge is 0.331 e. The number of piperidine rings is 1. The van der Waals surface area contributed by atoms with E-state index in [2.05, 4.69) is 18.5 Å². The molecule has 1 amide bonds. The van der Waals surface area contributed by atoms with Crippen LogP contribution in [0.15, 0.2) is 29.9 Å². The maximum absolute atomic E-state index is 12.4. The van der Waals surface area contributed by atoms with Crippen LogP contribution in [0.1, 0.15) is 26.7 Å². The fourth-order valence-corrected chi connectivity index (χ4v) is 2.82. The van der Waals surface area contributed by atoms with Crippen LogP contribution in [0.4, 0.5) is 0 Å². The summed E-state index contributed by atoms with van der Waals surface area (Å²) in [5, 5.41) is 0. The highest BCUT2D eigenvalue weighted by atomic mass is 16.2. The SMILES string of the molecule is C=CN=C(/C=C\C)C(=O)C1CC2(C)CC2N1C=O. The molecule has 3 unspecified atom stereocenters. The van der Waals surface area contributed by atoms with Crippen LogP contribution in [-0.2, 0) is 9.59 Å². The number of ketones is 1. The van der Waals surface area contributed by atoms with Crippen molar-refractivity contribution in [3.8, 4) is 0 Å². The van der Waals surface area contributed by atoms with E-state index in [9.17, 15) is 9.59 Å². The van der Waals surface area contributed by atoms with Gasteiger partial charge in [0.25, 0.3) is 0 Å². The summed E-state index contributed by atoms with van der Waals surface area (Å²) >= 11 is 0. The van der Waals surface area contributed by atoms with Gasteiger partial charge in [-0.25, -0.2) is 0 Å². The molecular formula is C14H18N2O2. The van der Waals surface area contributed by atoms with Gasteiger partial charge in [-0.2, -0.15) is 0 Å². The van der Waals surface area contributed by atoms with Crippen LogP contribution >= 0.6 is 0 Å². The second-order valence-corrected chi connectivity index (χ2v) is 5.21. The van der Waals surface area contributed by atoms with E-state index >= 15 is 0 Å². The number of aliphatic imine (C=N–C) groups is 1. The molecule has 0 aromatic carbocycles. The lowest BCUT2D eigenvalue weighted by Gasteiger charge is -2.21. The van der Waals surface area contributed by atoms with Crippen molar-refractivity contribution in [2.45, 2.75) is 38.8 Å². The summed E-state index contributed by atoms with van der Waals surface area (Å²) in [4.78, 5) is 29.2. The molecule has 3 atom stereocenters. The standard InChI is InChI=1S/C14H18N2O2/c1-4-6-10(15-5-2)13(18)11-7-14(3)8-12(14)16(11)9-17/h4-6,9,11-12H,2,7-8H2,1,3H3/b6-4-,15-10?. The fourth-order valence-electron chi connectivity index (χ4n) is 2.82. The lowest BCUT2D eigenvalue weighted by Crippen LogP contribution is -2.41. The van der Waals surface area contributed by atoms with Crippen LogP contribution in [0, 0.1) is 5.41 Å². The first-order chi connectivity index (χ1) is 8.57. The van der Waals surface area contributed by atoms with Gasteiger partial charge in [-0.05, 0) is 31.3 Å². The van der Waals surface area contributed by atoms with Crippen molar-refractivity contribution >= 4 is 17.9 Å². The average Bonchev–Trinajstić information content (AvgIpc) is 2.91. The van der Waals surface area contributed by atoms with Gasteiger partial charge in [0.15, 0.2) is 0 Å². The van der Waals surface area contributed by atoms with E-state index in [1.54, 1.807) is 17.1 Å². The van der Waals surface area contributed by atoms with Crippen LogP contribution in [-0.4, -0.2) is 34.9 Å². The van der Waals surface area contributed by atoms with Crippen LogP contribution < -0.4 is 0 Å². The summed E-state index contributed by atoms with van der Waals surface area (Å²) in [6.45, 7) is 7.47. The Balaban J connectivity index is 2.21. The Hall–Kier alpha value is -1.71. The Kier molecular flexibility index (Phi) is 3.20. The van der Waals surface area contributed by atoms with Crippen molar-refractivity contribution in [1.29, 1.82) is 0 Å². The Labute approximate surface area is 107 Å². The first kappa shape index (κ1) is 12.7. The first-order valence-corrected chi connectivity index (χ1v) is 6.15. The van der Waals surface area contributed by atoms with Crippen LogP contribution in [0.5, 0.6) is 0 Å². The van der Waals surface area contributed by atoms with E-state index in [1.165, 1.54) is 6.20 Å². The van der Waals surface area contributed by atoms with Crippen molar-refractivity contribution in [2.75, 3.05) is 0 Å². The molecule has 2 fully saturated rings. The van der Waals surface area contributed by atoms with Gasteiger partial charge in [-0.15, -0.1) is 0 Å². The maximum atomic E-state index is 12.4. The molecule has 0 N–H and O–H groups in total. The molecule has 0 radical (unpaired) electrons. The van der Waals surface area contributed by atoms with E-state index in [4.69, 9.17) is 0 Å². The molecule has 0 aromatic rings. The minimum absolute atomic E-state index is 0.0893. The topological polar surface area (TPSA) is 49.7 Å². The Bertz CT molecular complexity index is 453. The number of hydrogen-bond donors (Lipinski definition) is 0. The number of amides is 1. The third-order valence-electron chi connectivity index (χ3n) is 3.92. The third kappa shape index (κ3) is 1.92. The second-order valence-electron chi connectivity index (χ2n) is 5.21. The van der Waals surface area contributed by atoms with E-state index in [1.807, 2.05) is 6.92 Å². The predicted octanol–water partition coefficient (Wildman–Crippen LogP) is 1.73. The number of rotatable bonds is 5. The molecule has 18 heavy (non-hydrogen) atoms. The molecule has 1 saturated carbocycles. The summed E-state index contributed by atoms with van der Waals surface area (Å²) in [6.07, 6.45) is 7.33. The monoisotopic (exact) mass is 246 g/mol. The van der Waals surface area contributed by atoms with Gasteiger partial charge in [0.05, 0.1) is 6.04 Å². The molecule has 0 aromatic heterocycles. The number of carbonyl (C=O) groups is 2. The molecule has 0 spiro atoms. The van der Waals surface area contributed by atoms with Crippen molar-refractivity contribution in [3.05, 3.63) is 24.9 Å². The molecular weight excluding hydrogens is 228 g/mol. The minimum Gasteiger partial charge on any atom is -0.331 e. The zero-order valence-corrected chi connectivity index (χ0v) is 10.8. The third-order valence-corrected chi connectivity index (χ3v) is 3.92. The molecule has 1 aliphatic carbocycles. The van der Waals surface area contributed by atoms with E-state index in [-0.39, 0.29) is 23.3 Å². The number of nitrogens with zero attached hydrogens (tertiary/aromatic N) is 2. The van der Waals surface area contributed by atoms with Gasteiger partial charge < -0.3 is 4.90 Å². The summed E-state index contributed by atoms with van der Waals surface area (Å²) in [5.41, 5.74) is 0.505. The Morgan fingerprint density at radius 3 is 2.78 bits per heavy atom. The van der Waals surface area contributed by atoms with Crippen LogP contribution in [0.2, 0.25) is 0 Å². The molecule has 4 nitrogen and oxygen atoms in total. The Morgan fingerprint density at radius 1 is 1.50 bits per heavy atom. The number of fused-ring (bicyclic) bond motifs is 1. The lowest BCUT2D eigenvalue weighted by molar-refractivity contribution is -0.127. The Morgan fingerprint density at radius 2 is 2.22 bits per heavy atom. The maximum Gasteiger partial charge on any atom is 0.210 e. The van der Waals surface area contributed by atoms with Crippen molar-refractivity contribution < 1.29 is 9.59 Å². The van der Waals surface area contributed by atoms with Crippen molar-refractivity contribution in [3.63, 3.8) is 0 Å². The molecule has 4 heteroatoms. The number of carbonyl (C=O) groups excluding carboxylic acids is 2. The second kappa shape index (κ2) is 4.52. The highest BCUT2D eigenvalue weighted by Crippen LogP contribution is 2.58. The summed E-state index contributed by atoms with van der Waals surface area (Å²) in [6, 6.07) is -0.124. The quantitative estimate of drug-likeness (QED) is 0.548. The smallest absolute Gasteiger partial charge is 0.210 e. The highest BCUT2D eigenvalue weighted by Gasteiger charge is 2.62. The number of Topliss-reactive ketones (excluding diaryl/α,β-unsaturated/α-hetero) is 1. The van der Waals surface area contributed by atoms with Crippen LogP contribution in [0.3, 0.4) is 0 Å². The fraction of sp³-hybridized carbons (Fsp3) is 0.500. The van der Waals surface area contributed by atoms with E-state index < -0.39 is 0 Å². The molecule has 1 aliphatic heterocycles. The molecule has 2 aliphatic rings. The normalized spacial score (nSPS) is 34.6. The zero-order valence-electron chi connectivity index (χ0n) is 10.8. The molecule has 1 heterocycles. The predicted molar refractivity (Wildman–Crippen MR) is 70.3 cm³/mol. The average molecular weight is 246 g/mol. The van der Waals surface area contributed by atoms with Crippen molar-refractivity contribution in [2.24, 2.45) is 10.4 Å². The minimum atomic E-state index is -0.360. The van der Waals surface area contributed by atoms with E-state index in [0.29, 0.717) is 5.71 Å². The first-order valence-electron chi connectivity index (χ1n) is 6.15. The number of likely N-dealkylation sites (tertiary alicyclic amines) is 1. The number of allylic oxidation sites excluding steroid dienone is 2. The van der Waals surface area contributed by atoms with Gasteiger partial charge in [0.1, 0.15) is 5.71 Å². The van der Waals surface area contributed by atoms with Crippen LogP contribution in [0.25, 0.3) is 0 Å². The summed E-state index contributed by atoms with van der Waals surface area (Å²) in [7, 11) is 0. The zero-order chi connectivity index (χ0) is 13.3. The summed E-state index contributed by atoms with van der Waals surface area (Å²) in [5.74, 6) is -0.0893. The summed E-state index contributed by atoms with van der Waals surface area (Å²) < 4.78 is 0. The van der Waals surface area contributed by atoms with Gasteiger partial charge in [0, 0.05) is 12.2 Å².